The molecule has 2 aliphatic rings. The van der Waals surface area contributed by atoms with Crippen molar-refractivity contribution in [3.8, 4) is 22.4 Å². The highest BCUT2D eigenvalue weighted by atomic mass is 32.2. The van der Waals surface area contributed by atoms with E-state index in [1.54, 1.807) is 24.5 Å². The zero-order valence-corrected chi connectivity index (χ0v) is 23.3. The van der Waals surface area contributed by atoms with Gasteiger partial charge in [0.15, 0.2) is 15.5 Å². The van der Waals surface area contributed by atoms with E-state index in [-0.39, 0.29) is 46.3 Å². The number of nitrogen functional groups attached to an aromatic ring is 1. The molecule has 3 N–H and O–H groups in total. The zero-order valence-electron chi connectivity index (χ0n) is 22.5. The minimum Gasteiger partial charge on any atom is -0.382 e. The van der Waals surface area contributed by atoms with Crippen LogP contribution in [0.1, 0.15) is 47.9 Å². The standard InChI is InChI=1S/C28H26FN9O3S/c1-42(40,41)24-23(17-10-19-7-8-20(11-17)37(19)28(39)26-32-14-33-36-26)35-27-21(13-34-38(27)25(24)30)16-4-9-22(31-12-16)15-2-5-18(29)6-3-15/h2-6,9,12-14,17,19-20H,7-8,10-11,30H2,1H3,(H,32,33,36). The maximum absolute atomic E-state index is 13.4. The Morgan fingerprint density at radius 3 is 2.38 bits per heavy atom. The highest BCUT2D eigenvalue weighted by molar-refractivity contribution is 7.91. The molecule has 42 heavy (non-hydrogen) atoms. The van der Waals surface area contributed by atoms with Gasteiger partial charge in [0, 0.05) is 47.1 Å². The van der Waals surface area contributed by atoms with Gasteiger partial charge in [-0.25, -0.2) is 17.8 Å². The molecule has 0 aliphatic carbocycles. The lowest BCUT2D eigenvalue weighted by atomic mass is 9.87. The summed E-state index contributed by atoms with van der Waals surface area (Å²) in [5, 5.41) is 12.0. The number of piperidine rings is 1. The van der Waals surface area contributed by atoms with Gasteiger partial charge in [0.25, 0.3) is 5.91 Å². The van der Waals surface area contributed by atoms with Crippen LogP contribution in [-0.2, 0) is 9.84 Å². The Bertz CT molecular complexity index is 1910. The third kappa shape index (κ3) is 4.29. The number of carbonyl (C=O) groups is 1. The Labute approximate surface area is 239 Å². The summed E-state index contributed by atoms with van der Waals surface area (Å²) in [5.74, 6) is -0.588. The first kappa shape index (κ1) is 26.2. The average molecular weight is 588 g/mol. The van der Waals surface area contributed by atoms with Crippen LogP contribution in [0.4, 0.5) is 10.2 Å². The second-order valence-corrected chi connectivity index (χ2v) is 12.8. The first-order valence-corrected chi connectivity index (χ1v) is 15.4. The molecular weight excluding hydrogens is 561 g/mol. The zero-order chi connectivity index (χ0) is 29.2. The van der Waals surface area contributed by atoms with E-state index in [2.05, 4.69) is 25.3 Å². The van der Waals surface area contributed by atoms with Crippen LogP contribution in [0.2, 0.25) is 0 Å². The van der Waals surface area contributed by atoms with E-state index in [1.165, 1.54) is 23.0 Å². The van der Waals surface area contributed by atoms with Crippen LogP contribution in [0.25, 0.3) is 28.0 Å². The van der Waals surface area contributed by atoms with Crippen LogP contribution in [0, 0.1) is 5.82 Å². The molecule has 0 radical (unpaired) electrons. The summed E-state index contributed by atoms with van der Waals surface area (Å²) in [4.78, 5) is 27.2. The number of aromatic nitrogens is 7. The molecule has 0 saturated carbocycles. The first-order chi connectivity index (χ1) is 20.2. The molecule has 2 fully saturated rings. The van der Waals surface area contributed by atoms with Crippen LogP contribution in [0.5, 0.6) is 0 Å². The third-order valence-electron chi connectivity index (χ3n) is 8.22. The number of hydrogen-bond donors (Lipinski definition) is 2. The molecule has 2 saturated heterocycles. The summed E-state index contributed by atoms with van der Waals surface area (Å²) in [7, 11) is -3.77. The maximum Gasteiger partial charge on any atom is 0.292 e. The third-order valence-corrected chi connectivity index (χ3v) is 9.38. The molecule has 5 aromatic rings. The van der Waals surface area contributed by atoms with E-state index in [0.29, 0.717) is 41.0 Å². The number of rotatable bonds is 5. The molecule has 2 unspecified atom stereocenters. The van der Waals surface area contributed by atoms with Crippen molar-refractivity contribution in [2.24, 2.45) is 0 Å². The topological polar surface area (TPSA) is 165 Å². The van der Waals surface area contributed by atoms with E-state index >= 15 is 0 Å². The minimum atomic E-state index is -3.77. The van der Waals surface area contributed by atoms with Crippen molar-refractivity contribution in [3.63, 3.8) is 0 Å². The molecule has 0 spiro atoms. The average Bonchev–Trinajstić information content (AvgIpc) is 3.71. The largest absolute Gasteiger partial charge is 0.382 e. The lowest BCUT2D eigenvalue weighted by Crippen LogP contribution is -2.46. The summed E-state index contributed by atoms with van der Waals surface area (Å²) in [6, 6.07) is 9.57. The van der Waals surface area contributed by atoms with Crippen molar-refractivity contribution in [1.29, 1.82) is 0 Å². The Kier molecular flexibility index (Phi) is 6.04. The molecule has 1 aromatic carbocycles. The van der Waals surface area contributed by atoms with Crippen LogP contribution in [0.3, 0.4) is 0 Å². The quantitative estimate of drug-likeness (QED) is 0.314. The van der Waals surface area contributed by atoms with Crippen molar-refractivity contribution in [3.05, 3.63) is 72.5 Å². The van der Waals surface area contributed by atoms with E-state index in [4.69, 9.17) is 10.7 Å². The van der Waals surface area contributed by atoms with E-state index in [0.717, 1.165) is 24.7 Å². The highest BCUT2D eigenvalue weighted by Gasteiger charge is 2.46. The summed E-state index contributed by atoms with van der Waals surface area (Å²) in [6.45, 7) is 0. The van der Waals surface area contributed by atoms with Gasteiger partial charge >= 0.3 is 0 Å². The Balaban J connectivity index is 1.27. The second-order valence-electron chi connectivity index (χ2n) is 10.8. The van der Waals surface area contributed by atoms with Gasteiger partial charge in [-0.2, -0.15) is 9.61 Å². The van der Waals surface area contributed by atoms with Crippen LogP contribution < -0.4 is 5.73 Å². The predicted octanol–water partition coefficient (Wildman–Crippen LogP) is 3.25. The number of nitrogens with two attached hydrogens (primary N) is 1. The number of pyridine rings is 1. The van der Waals surface area contributed by atoms with E-state index in [1.807, 2.05) is 17.0 Å². The Hall–Kier alpha value is -4.72. The van der Waals surface area contributed by atoms with Gasteiger partial charge in [-0.1, -0.05) is 6.07 Å². The maximum atomic E-state index is 13.4. The number of H-pyrrole nitrogens is 1. The monoisotopic (exact) mass is 587 g/mol. The number of amides is 1. The van der Waals surface area contributed by atoms with Crippen molar-refractivity contribution in [1.82, 2.24) is 39.7 Å². The van der Waals surface area contributed by atoms with Gasteiger partial charge in [-0.3, -0.25) is 9.78 Å². The second kappa shape index (κ2) is 9.69. The van der Waals surface area contributed by atoms with Gasteiger partial charge in [0.2, 0.25) is 5.82 Å². The molecule has 14 heteroatoms. The number of sulfone groups is 1. The molecule has 7 rings (SSSR count). The van der Waals surface area contributed by atoms with Crippen molar-refractivity contribution < 1.29 is 17.6 Å². The fourth-order valence-electron chi connectivity index (χ4n) is 6.39. The van der Waals surface area contributed by atoms with Crippen molar-refractivity contribution in [2.45, 2.75) is 48.6 Å². The number of aromatic amines is 1. The fraction of sp³-hybridized carbons (Fsp3) is 0.286. The molecule has 2 bridgehead atoms. The van der Waals surface area contributed by atoms with Crippen molar-refractivity contribution >= 4 is 27.2 Å². The van der Waals surface area contributed by atoms with Crippen molar-refractivity contribution in [2.75, 3.05) is 12.0 Å². The number of nitrogens with one attached hydrogen (secondary N) is 1. The summed E-state index contributed by atoms with van der Waals surface area (Å²) >= 11 is 0. The van der Waals surface area contributed by atoms with Crippen LogP contribution in [-0.4, -0.2) is 72.3 Å². The number of hydrogen-bond acceptors (Lipinski definition) is 9. The SMILES string of the molecule is CS(=O)(=O)c1c(C2CC3CCC(C2)N3C(=O)c2nnc[nH]2)nc2c(-c3ccc(-c4ccc(F)cc4)nc3)cnn2c1N. The van der Waals surface area contributed by atoms with Gasteiger partial charge in [0.1, 0.15) is 22.9 Å². The normalized spacial score (nSPS) is 20.3. The molecule has 214 valence electrons. The van der Waals surface area contributed by atoms with Gasteiger partial charge in [0.05, 0.1) is 17.6 Å². The number of anilines is 1. The van der Waals surface area contributed by atoms with Gasteiger partial charge in [-0.15, -0.1) is 10.2 Å². The van der Waals surface area contributed by atoms with E-state index in [9.17, 15) is 17.6 Å². The highest BCUT2D eigenvalue weighted by Crippen LogP contribution is 2.45. The molecular formula is C28H26FN9O3S. The van der Waals surface area contributed by atoms with Crippen LogP contribution in [0.15, 0.2) is 60.0 Å². The molecule has 12 nitrogen and oxygen atoms in total. The predicted molar refractivity (Wildman–Crippen MR) is 150 cm³/mol. The van der Waals surface area contributed by atoms with Gasteiger partial charge in [-0.05, 0) is 56.0 Å². The van der Waals surface area contributed by atoms with E-state index < -0.39 is 9.84 Å². The number of halogens is 1. The summed E-state index contributed by atoms with van der Waals surface area (Å²) in [5.41, 5.74) is 10.1. The molecule has 2 atom stereocenters. The molecule has 6 heterocycles. The van der Waals surface area contributed by atoms with Crippen LogP contribution >= 0.6 is 0 Å². The minimum absolute atomic E-state index is 0.00726. The summed E-state index contributed by atoms with van der Waals surface area (Å²) in [6.07, 6.45) is 8.44. The first-order valence-electron chi connectivity index (χ1n) is 13.5. The molecule has 2 aliphatic heterocycles. The Morgan fingerprint density at radius 2 is 1.76 bits per heavy atom. The molecule has 1 amide bonds. The lowest BCUT2D eigenvalue weighted by Gasteiger charge is -2.38. The van der Waals surface area contributed by atoms with Gasteiger partial charge < -0.3 is 15.6 Å². The fourth-order valence-corrected chi connectivity index (χ4v) is 7.45. The number of carbonyl (C=O) groups excluding carboxylic acids is 1. The summed E-state index contributed by atoms with van der Waals surface area (Å²) < 4.78 is 40.8. The number of fused-ring (bicyclic) bond motifs is 3. The number of nitrogens with zero attached hydrogens (tertiary/aromatic N) is 7. The number of benzene rings is 1. The Morgan fingerprint density at radius 1 is 1.05 bits per heavy atom. The lowest BCUT2D eigenvalue weighted by molar-refractivity contribution is 0.0556. The smallest absolute Gasteiger partial charge is 0.292 e. The molecule has 4 aromatic heterocycles.